The number of nitrogens with two attached hydrogens (primary N) is 1. The van der Waals surface area contributed by atoms with E-state index in [-0.39, 0.29) is 23.1 Å². The summed E-state index contributed by atoms with van der Waals surface area (Å²) in [5.41, 5.74) is 5.76. The quantitative estimate of drug-likeness (QED) is 0.754. The summed E-state index contributed by atoms with van der Waals surface area (Å²) in [7, 11) is -1.24. The van der Waals surface area contributed by atoms with Crippen molar-refractivity contribution in [2.24, 2.45) is 5.73 Å². The molecule has 5 nitrogen and oxygen atoms in total. The van der Waals surface area contributed by atoms with Crippen LogP contribution in [0.3, 0.4) is 0 Å². The summed E-state index contributed by atoms with van der Waals surface area (Å²) in [4.78, 5) is 2.19. The molecule has 0 saturated carbocycles. The number of hydrogen-bond acceptors (Lipinski definition) is 5. The zero-order valence-electron chi connectivity index (χ0n) is 11.6. The molecule has 1 aliphatic heterocycles. The number of sulfone groups is 1. The van der Waals surface area contributed by atoms with E-state index in [0.717, 1.165) is 19.4 Å². The van der Waals surface area contributed by atoms with E-state index in [2.05, 4.69) is 4.90 Å². The van der Waals surface area contributed by atoms with Crippen LogP contribution in [0.2, 0.25) is 0 Å². The second-order valence-corrected chi connectivity index (χ2v) is 7.90. The lowest BCUT2D eigenvalue weighted by molar-refractivity contribution is 0.0157. The van der Waals surface area contributed by atoms with Crippen molar-refractivity contribution in [1.82, 2.24) is 4.90 Å². The van der Waals surface area contributed by atoms with E-state index >= 15 is 0 Å². The van der Waals surface area contributed by atoms with Crippen LogP contribution in [0, 0.1) is 0 Å². The molecule has 0 amide bonds. The maximum absolute atomic E-state index is 11.8. The van der Waals surface area contributed by atoms with E-state index < -0.39 is 9.84 Å². The van der Waals surface area contributed by atoms with E-state index in [4.69, 9.17) is 10.5 Å². The summed E-state index contributed by atoms with van der Waals surface area (Å²) in [5.74, 6) is 0.221. The molecule has 1 saturated heterocycles. The monoisotopic (exact) mass is 278 g/mol. The minimum atomic E-state index is -2.96. The Morgan fingerprint density at radius 1 is 1.44 bits per heavy atom. The average Bonchev–Trinajstić information content (AvgIpc) is 2.35. The second-order valence-electron chi connectivity index (χ2n) is 5.22. The number of rotatable bonds is 6. The van der Waals surface area contributed by atoms with Gasteiger partial charge in [0.15, 0.2) is 9.84 Å². The molecule has 2 N–H and O–H groups in total. The molecule has 0 radical (unpaired) electrons. The van der Waals surface area contributed by atoms with Crippen LogP contribution >= 0.6 is 0 Å². The van der Waals surface area contributed by atoms with Crippen molar-refractivity contribution in [3.8, 4) is 0 Å². The third kappa shape index (κ3) is 4.19. The third-order valence-electron chi connectivity index (χ3n) is 3.78. The molecule has 0 spiro atoms. The molecule has 0 aliphatic carbocycles. The first-order chi connectivity index (χ1) is 8.40. The summed E-state index contributed by atoms with van der Waals surface area (Å²) in [6.07, 6.45) is 2.11. The van der Waals surface area contributed by atoms with Crippen LogP contribution in [0.15, 0.2) is 0 Å². The van der Waals surface area contributed by atoms with E-state index in [9.17, 15) is 8.42 Å². The molecule has 0 bridgehead atoms. The predicted molar refractivity (Wildman–Crippen MR) is 73.4 cm³/mol. The predicted octanol–water partition coefficient (Wildman–Crippen LogP) is 0.248. The van der Waals surface area contributed by atoms with Gasteiger partial charge in [-0.15, -0.1) is 0 Å². The largest absolute Gasteiger partial charge is 0.381 e. The molecule has 1 aliphatic rings. The molecule has 1 rings (SSSR count). The Morgan fingerprint density at radius 2 is 2.11 bits per heavy atom. The number of methoxy groups -OCH3 is 1. The van der Waals surface area contributed by atoms with Gasteiger partial charge >= 0.3 is 0 Å². The van der Waals surface area contributed by atoms with Crippen molar-refractivity contribution >= 4 is 9.84 Å². The Kier molecular flexibility index (Phi) is 6.04. The molecule has 0 aromatic carbocycles. The molecule has 1 fully saturated rings. The van der Waals surface area contributed by atoms with Crippen LogP contribution < -0.4 is 5.73 Å². The Labute approximate surface area is 111 Å². The van der Waals surface area contributed by atoms with Crippen molar-refractivity contribution in [3.63, 3.8) is 0 Å². The topological polar surface area (TPSA) is 72.6 Å². The molecule has 18 heavy (non-hydrogen) atoms. The van der Waals surface area contributed by atoms with Gasteiger partial charge in [0.05, 0.1) is 17.1 Å². The number of ether oxygens (including phenoxy) is 1. The highest BCUT2D eigenvalue weighted by Gasteiger charge is 2.28. The van der Waals surface area contributed by atoms with Gasteiger partial charge in [0.25, 0.3) is 0 Å². The summed E-state index contributed by atoms with van der Waals surface area (Å²) in [5, 5.41) is -0.301. The Bertz CT molecular complexity index is 343. The lowest BCUT2D eigenvalue weighted by Crippen LogP contribution is -2.50. The van der Waals surface area contributed by atoms with Gasteiger partial charge in [-0.2, -0.15) is 0 Å². The van der Waals surface area contributed by atoms with Crippen LogP contribution in [0.5, 0.6) is 0 Å². The summed E-state index contributed by atoms with van der Waals surface area (Å²) in [6, 6.07) is 0.242. The first-order valence-corrected chi connectivity index (χ1v) is 8.30. The summed E-state index contributed by atoms with van der Waals surface area (Å²) >= 11 is 0. The number of piperidine rings is 1. The zero-order valence-corrected chi connectivity index (χ0v) is 12.4. The van der Waals surface area contributed by atoms with Gasteiger partial charge in [-0.3, -0.25) is 4.90 Å². The van der Waals surface area contributed by atoms with Gasteiger partial charge in [0.1, 0.15) is 0 Å². The van der Waals surface area contributed by atoms with Crippen LogP contribution in [0.4, 0.5) is 0 Å². The minimum absolute atomic E-state index is 0.221. The van der Waals surface area contributed by atoms with E-state index in [1.807, 2.05) is 0 Å². The molecule has 0 aromatic rings. The van der Waals surface area contributed by atoms with Crippen molar-refractivity contribution in [2.45, 2.75) is 44.1 Å². The second kappa shape index (κ2) is 6.84. The SMILES string of the molecule is COC1CCN(CCS(=O)(=O)C(C)C)C(CN)C1. The Hall–Kier alpha value is -0.170. The maximum Gasteiger partial charge on any atom is 0.153 e. The highest BCUT2D eigenvalue weighted by atomic mass is 32.2. The molecule has 1 heterocycles. The fraction of sp³-hybridized carbons (Fsp3) is 1.00. The lowest BCUT2D eigenvalue weighted by Gasteiger charge is -2.38. The van der Waals surface area contributed by atoms with Crippen molar-refractivity contribution in [3.05, 3.63) is 0 Å². The molecule has 0 aromatic heterocycles. The van der Waals surface area contributed by atoms with Crippen LogP contribution in [0.25, 0.3) is 0 Å². The fourth-order valence-electron chi connectivity index (χ4n) is 2.30. The van der Waals surface area contributed by atoms with Gasteiger partial charge in [-0.05, 0) is 26.7 Å². The van der Waals surface area contributed by atoms with Crippen LogP contribution in [-0.4, -0.2) is 63.2 Å². The zero-order chi connectivity index (χ0) is 13.8. The van der Waals surface area contributed by atoms with E-state index in [1.165, 1.54) is 0 Å². The van der Waals surface area contributed by atoms with Crippen molar-refractivity contribution in [2.75, 3.05) is 32.5 Å². The van der Waals surface area contributed by atoms with Gasteiger partial charge < -0.3 is 10.5 Å². The van der Waals surface area contributed by atoms with Crippen LogP contribution in [0.1, 0.15) is 26.7 Å². The fourth-order valence-corrected chi connectivity index (χ4v) is 3.26. The average molecular weight is 278 g/mol. The number of nitrogens with zero attached hydrogens (tertiary/aromatic N) is 1. The lowest BCUT2D eigenvalue weighted by atomic mass is 9.99. The first-order valence-electron chi connectivity index (χ1n) is 6.59. The summed E-state index contributed by atoms with van der Waals surface area (Å²) < 4.78 is 29.0. The van der Waals surface area contributed by atoms with Gasteiger partial charge in [0.2, 0.25) is 0 Å². The van der Waals surface area contributed by atoms with Crippen molar-refractivity contribution in [1.29, 1.82) is 0 Å². The van der Waals surface area contributed by atoms with E-state index in [1.54, 1.807) is 21.0 Å². The maximum atomic E-state index is 11.8. The molecule has 2 unspecified atom stereocenters. The van der Waals surface area contributed by atoms with Crippen molar-refractivity contribution < 1.29 is 13.2 Å². The third-order valence-corrected chi connectivity index (χ3v) is 5.96. The van der Waals surface area contributed by atoms with Gasteiger partial charge in [0, 0.05) is 32.8 Å². The minimum Gasteiger partial charge on any atom is -0.381 e. The normalized spacial score (nSPS) is 26.7. The Morgan fingerprint density at radius 3 is 2.61 bits per heavy atom. The molecule has 108 valence electrons. The standard InChI is InChI=1S/C12H26N2O3S/c1-10(2)18(15,16)7-6-14-5-4-12(17-3)8-11(14)9-13/h10-12H,4-9,13H2,1-3H3. The first kappa shape index (κ1) is 15.9. The van der Waals surface area contributed by atoms with Crippen LogP contribution in [-0.2, 0) is 14.6 Å². The summed E-state index contributed by atoms with van der Waals surface area (Å²) in [6.45, 7) is 5.47. The Balaban J connectivity index is 2.52. The number of hydrogen-bond donors (Lipinski definition) is 1. The molecule has 6 heteroatoms. The molecular weight excluding hydrogens is 252 g/mol. The van der Waals surface area contributed by atoms with Gasteiger partial charge in [-0.25, -0.2) is 8.42 Å². The number of likely N-dealkylation sites (tertiary alicyclic amines) is 1. The smallest absolute Gasteiger partial charge is 0.153 e. The highest BCUT2D eigenvalue weighted by molar-refractivity contribution is 7.92. The molecular formula is C12H26N2O3S. The highest BCUT2D eigenvalue weighted by Crippen LogP contribution is 2.19. The van der Waals surface area contributed by atoms with E-state index in [0.29, 0.717) is 13.1 Å². The molecule has 2 atom stereocenters. The van der Waals surface area contributed by atoms with Gasteiger partial charge in [-0.1, -0.05) is 0 Å².